The molecule has 0 aliphatic heterocycles. The number of rotatable bonds is 2. The van der Waals surface area contributed by atoms with Gasteiger partial charge in [-0.2, -0.15) is 5.10 Å². The van der Waals surface area contributed by atoms with Crippen molar-refractivity contribution in [3.05, 3.63) is 46.0 Å². The van der Waals surface area contributed by atoms with Crippen molar-refractivity contribution in [1.29, 1.82) is 0 Å². The lowest BCUT2D eigenvalue weighted by atomic mass is 10.2. The molecule has 0 spiro atoms. The number of aromatic nitrogens is 4. The van der Waals surface area contributed by atoms with Crippen molar-refractivity contribution in [3.63, 3.8) is 0 Å². The number of nitrogens with one attached hydrogen (secondary N) is 1. The number of H-pyrrole nitrogens is 1. The number of aryl methyl sites for hydroxylation is 2. The zero-order chi connectivity index (χ0) is 14.3. The maximum absolute atomic E-state index is 11.9. The first kappa shape index (κ1) is 12.9. The van der Waals surface area contributed by atoms with E-state index in [9.17, 15) is 4.79 Å². The molecule has 0 bridgehead atoms. The van der Waals surface area contributed by atoms with E-state index in [-0.39, 0.29) is 5.56 Å². The van der Waals surface area contributed by atoms with Crippen molar-refractivity contribution in [2.75, 3.05) is 6.26 Å². The summed E-state index contributed by atoms with van der Waals surface area (Å²) in [7, 11) is 0. The van der Waals surface area contributed by atoms with Crippen molar-refractivity contribution >= 4 is 22.7 Å². The van der Waals surface area contributed by atoms with Crippen LogP contribution in [0.25, 0.3) is 16.6 Å². The van der Waals surface area contributed by atoms with E-state index in [1.54, 1.807) is 6.07 Å². The van der Waals surface area contributed by atoms with Gasteiger partial charge in [-0.15, -0.1) is 0 Å². The first-order valence-electron chi connectivity index (χ1n) is 6.20. The molecule has 6 heteroatoms. The largest absolute Gasteiger partial charge is 0.301 e. The topological polar surface area (TPSA) is 63.6 Å². The van der Waals surface area contributed by atoms with Gasteiger partial charge in [0.25, 0.3) is 5.56 Å². The smallest absolute Gasteiger partial charge is 0.259 e. The maximum Gasteiger partial charge on any atom is 0.259 e. The zero-order valence-corrected chi connectivity index (χ0v) is 12.3. The summed E-state index contributed by atoms with van der Waals surface area (Å²) in [4.78, 5) is 19.1. The molecule has 0 unspecified atom stereocenters. The van der Waals surface area contributed by atoms with E-state index >= 15 is 0 Å². The van der Waals surface area contributed by atoms with Gasteiger partial charge in [-0.1, -0.05) is 11.8 Å². The standard InChI is InChI=1S/C14H14N4OS/c1-8-6-9(2)18(17-8)10-4-5-11-12(7-10)15-14(20-3)16-13(11)19/h4-7H,1-3H3,(H,15,16,19). The van der Waals surface area contributed by atoms with Crippen LogP contribution >= 0.6 is 11.8 Å². The third-order valence-corrected chi connectivity index (χ3v) is 3.70. The number of thioether (sulfide) groups is 1. The van der Waals surface area contributed by atoms with Crippen LogP contribution in [0.5, 0.6) is 0 Å². The van der Waals surface area contributed by atoms with E-state index < -0.39 is 0 Å². The molecular weight excluding hydrogens is 272 g/mol. The van der Waals surface area contributed by atoms with Crippen LogP contribution in [0.15, 0.2) is 34.2 Å². The Balaban J connectivity index is 2.24. The summed E-state index contributed by atoms with van der Waals surface area (Å²) >= 11 is 1.42. The fraction of sp³-hybridized carbons (Fsp3) is 0.214. The van der Waals surface area contributed by atoms with Gasteiger partial charge in [-0.3, -0.25) is 4.79 Å². The molecule has 0 saturated carbocycles. The van der Waals surface area contributed by atoms with Gasteiger partial charge >= 0.3 is 0 Å². The lowest BCUT2D eigenvalue weighted by molar-refractivity contribution is 0.833. The molecule has 3 rings (SSSR count). The van der Waals surface area contributed by atoms with E-state index in [4.69, 9.17) is 0 Å². The lowest BCUT2D eigenvalue weighted by Crippen LogP contribution is -2.09. The Morgan fingerprint density at radius 1 is 1.25 bits per heavy atom. The Hall–Kier alpha value is -2.08. The average molecular weight is 286 g/mol. The normalized spacial score (nSPS) is 11.2. The summed E-state index contributed by atoms with van der Waals surface area (Å²) in [6, 6.07) is 7.58. The molecule has 0 saturated heterocycles. The maximum atomic E-state index is 11.9. The fourth-order valence-corrected chi connectivity index (χ4v) is 2.61. The van der Waals surface area contributed by atoms with E-state index in [0.717, 1.165) is 17.1 Å². The van der Waals surface area contributed by atoms with Gasteiger partial charge in [0, 0.05) is 5.69 Å². The summed E-state index contributed by atoms with van der Waals surface area (Å²) in [5, 5.41) is 5.66. The van der Waals surface area contributed by atoms with Gasteiger partial charge < -0.3 is 4.98 Å². The van der Waals surface area contributed by atoms with Crippen LogP contribution < -0.4 is 5.56 Å². The molecule has 102 valence electrons. The summed E-state index contributed by atoms with van der Waals surface area (Å²) in [6.45, 7) is 3.96. The molecule has 5 nitrogen and oxygen atoms in total. The molecule has 0 atom stereocenters. The van der Waals surface area contributed by atoms with Crippen LogP contribution in [0.1, 0.15) is 11.4 Å². The minimum Gasteiger partial charge on any atom is -0.301 e. The number of aromatic amines is 1. The van der Waals surface area contributed by atoms with Gasteiger partial charge in [0.05, 0.1) is 22.3 Å². The highest BCUT2D eigenvalue weighted by Crippen LogP contribution is 2.18. The Morgan fingerprint density at radius 2 is 2.05 bits per heavy atom. The Labute approximate surface area is 120 Å². The molecule has 0 amide bonds. The first-order chi connectivity index (χ1) is 9.58. The predicted molar refractivity (Wildman–Crippen MR) is 80.7 cm³/mol. The monoisotopic (exact) mass is 286 g/mol. The van der Waals surface area contributed by atoms with Gasteiger partial charge in [0.2, 0.25) is 0 Å². The van der Waals surface area contributed by atoms with Crippen molar-refractivity contribution < 1.29 is 0 Å². The van der Waals surface area contributed by atoms with Gasteiger partial charge in [0.15, 0.2) is 5.16 Å². The average Bonchev–Trinajstić information content (AvgIpc) is 2.77. The van der Waals surface area contributed by atoms with Crippen LogP contribution in [0.4, 0.5) is 0 Å². The SMILES string of the molecule is CSc1nc2cc(-n3nc(C)cc3C)ccc2c(=O)[nH]1. The molecule has 2 aromatic heterocycles. The molecule has 0 aliphatic carbocycles. The minimum atomic E-state index is -0.112. The number of benzene rings is 1. The van der Waals surface area contributed by atoms with Crippen molar-refractivity contribution in [3.8, 4) is 5.69 Å². The quantitative estimate of drug-likeness (QED) is 0.580. The summed E-state index contributed by atoms with van der Waals surface area (Å²) in [6.07, 6.45) is 1.88. The van der Waals surface area contributed by atoms with E-state index in [2.05, 4.69) is 15.1 Å². The summed E-state index contributed by atoms with van der Waals surface area (Å²) < 4.78 is 1.86. The molecular formula is C14H14N4OS. The van der Waals surface area contributed by atoms with Crippen LogP contribution in [0.3, 0.4) is 0 Å². The van der Waals surface area contributed by atoms with Crippen LogP contribution in [0.2, 0.25) is 0 Å². The molecule has 20 heavy (non-hydrogen) atoms. The summed E-state index contributed by atoms with van der Waals surface area (Å²) in [5.41, 5.74) is 3.50. The molecule has 0 radical (unpaired) electrons. The molecule has 0 fully saturated rings. The van der Waals surface area contributed by atoms with Crippen molar-refractivity contribution in [2.45, 2.75) is 19.0 Å². The lowest BCUT2D eigenvalue weighted by Gasteiger charge is -2.06. The Kier molecular flexibility index (Phi) is 3.10. The fourth-order valence-electron chi connectivity index (χ4n) is 2.23. The molecule has 3 aromatic rings. The van der Waals surface area contributed by atoms with E-state index in [1.807, 2.05) is 43.0 Å². The first-order valence-corrected chi connectivity index (χ1v) is 7.42. The second-order valence-electron chi connectivity index (χ2n) is 4.62. The van der Waals surface area contributed by atoms with Gasteiger partial charge in [-0.05, 0) is 44.4 Å². The third-order valence-electron chi connectivity index (χ3n) is 3.12. The highest BCUT2D eigenvalue weighted by molar-refractivity contribution is 7.98. The second-order valence-corrected chi connectivity index (χ2v) is 5.41. The highest BCUT2D eigenvalue weighted by Gasteiger charge is 2.08. The minimum absolute atomic E-state index is 0.112. The Bertz CT molecular complexity index is 850. The molecule has 2 heterocycles. The molecule has 1 N–H and O–H groups in total. The van der Waals surface area contributed by atoms with E-state index in [1.165, 1.54) is 11.8 Å². The third kappa shape index (κ3) is 2.12. The summed E-state index contributed by atoms with van der Waals surface area (Å²) in [5.74, 6) is 0. The Morgan fingerprint density at radius 3 is 2.70 bits per heavy atom. The number of nitrogens with zero attached hydrogens (tertiary/aromatic N) is 3. The van der Waals surface area contributed by atoms with Gasteiger partial charge in [0.1, 0.15) is 0 Å². The van der Waals surface area contributed by atoms with E-state index in [0.29, 0.717) is 16.1 Å². The van der Waals surface area contributed by atoms with Crippen LogP contribution in [-0.2, 0) is 0 Å². The van der Waals surface area contributed by atoms with Crippen molar-refractivity contribution in [2.24, 2.45) is 0 Å². The number of hydrogen-bond donors (Lipinski definition) is 1. The van der Waals surface area contributed by atoms with Crippen LogP contribution in [0, 0.1) is 13.8 Å². The molecule has 0 aliphatic rings. The number of hydrogen-bond acceptors (Lipinski definition) is 4. The highest BCUT2D eigenvalue weighted by atomic mass is 32.2. The zero-order valence-electron chi connectivity index (χ0n) is 11.5. The van der Waals surface area contributed by atoms with Crippen LogP contribution in [-0.4, -0.2) is 26.0 Å². The van der Waals surface area contributed by atoms with Crippen molar-refractivity contribution in [1.82, 2.24) is 19.7 Å². The second kappa shape index (κ2) is 4.79. The predicted octanol–water partition coefficient (Wildman–Crippen LogP) is 2.45. The molecule has 1 aromatic carbocycles. The number of fused-ring (bicyclic) bond motifs is 1. The van der Waals surface area contributed by atoms with Gasteiger partial charge in [-0.25, -0.2) is 9.67 Å².